The minimum atomic E-state index is 0.166. The second kappa shape index (κ2) is 5.49. The van der Waals surface area contributed by atoms with E-state index in [9.17, 15) is 4.79 Å². The number of halogens is 1. The van der Waals surface area contributed by atoms with Crippen LogP contribution in [0, 0.1) is 0 Å². The summed E-state index contributed by atoms with van der Waals surface area (Å²) in [6.45, 7) is 2.03. The van der Waals surface area contributed by atoms with Gasteiger partial charge in [-0.3, -0.25) is 4.79 Å². The van der Waals surface area contributed by atoms with Crippen molar-refractivity contribution in [3.8, 4) is 0 Å². The van der Waals surface area contributed by atoms with Crippen molar-refractivity contribution in [2.45, 2.75) is 45.1 Å². The van der Waals surface area contributed by atoms with Crippen molar-refractivity contribution >= 4 is 28.4 Å². The molecule has 1 aliphatic carbocycles. The zero-order valence-corrected chi connectivity index (χ0v) is 12.4. The predicted molar refractivity (Wildman–Crippen MR) is 82.2 cm³/mol. The largest absolute Gasteiger partial charge is 0.358 e. The summed E-state index contributed by atoms with van der Waals surface area (Å²) in [6.07, 6.45) is 4.39. The van der Waals surface area contributed by atoms with Gasteiger partial charge in [-0.15, -0.1) is 0 Å². The first-order chi connectivity index (χ1) is 9.67. The molecule has 1 aromatic carbocycles. The summed E-state index contributed by atoms with van der Waals surface area (Å²) in [5.41, 5.74) is 3.75. The first-order valence-electron chi connectivity index (χ1n) is 7.25. The lowest BCUT2D eigenvalue weighted by Gasteiger charge is -2.23. The molecule has 0 fully saturated rings. The smallest absolute Gasteiger partial charge is 0.220 e. The Balaban J connectivity index is 1.84. The van der Waals surface area contributed by atoms with Crippen molar-refractivity contribution in [2.24, 2.45) is 0 Å². The number of hydrogen-bond acceptors (Lipinski definition) is 1. The Kier molecular flexibility index (Phi) is 3.70. The topological polar surface area (TPSA) is 44.9 Å². The lowest BCUT2D eigenvalue weighted by atomic mass is 9.91. The lowest BCUT2D eigenvalue weighted by Crippen LogP contribution is -2.38. The Morgan fingerprint density at radius 2 is 2.35 bits per heavy atom. The summed E-state index contributed by atoms with van der Waals surface area (Å²) in [7, 11) is 0. The van der Waals surface area contributed by atoms with Crippen LogP contribution < -0.4 is 5.32 Å². The molecule has 20 heavy (non-hydrogen) atoms. The Labute approximate surface area is 123 Å². The van der Waals surface area contributed by atoms with Gasteiger partial charge in [-0.2, -0.15) is 0 Å². The molecule has 1 aromatic heterocycles. The van der Waals surface area contributed by atoms with E-state index < -0.39 is 0 Å². The van der Waals surface area contributed by atoms with Gasteiger partial charge in [0.15, 0.2) is 0 Å². The standard InChI is InChI=1S/C16H19ClN2O/c1-2-3-16(20)18-11-5-7-15-13(9-11)12-8-10(17)4-6-14(12)19-15/h4,6,8,11,19H,2-3,5,7,9H2,1H3,(H,18,20). The molecule has 1 heterocycles. The fourth-order valence-corrected chi connectivity index (χ4v) is 3.21. The van der Waals surface area contributed by atoms with Crippen molar-refractivity contribution < 1.29 is 4.79 Å². The molecule has 0 saturated heterocycles. The highest BCUT2D eigenvalue weighted by Gasteiger charge is 2.23. The van der Waals surface area contributed by atoms with Gasteiger partial charge in [-0.1, -0.05) is 18.5 Å². The number of aromatic amines is 1. The van der Waals surface area contributed by atoms with E-state index in [1.165, 1.54) is 16.6 Å². The molecule has 2 N–H and O–H groups in total. The number of amides is 1. The minimum Gasteiger partial charge on any atom is -0.358 e. The van der Waals surface area contributed by atoms with Crippen LogP contribution in [-0.4, -0.2) is 16.9 Å². The highest BCUT2D eigenvalue weighted by atomic mass is 35.5. The number of rotatable bonds is 3. The molecular weight excluding hydrogens is 272 g/mol. The average molecular weight is 291 g/mol. The summed E-state index contributed by atoms with van der Waals surface area (Å²) in [5, 5.41) is 5.10. The molecule has 3 rings (SSSR count). The molecule has 4 heteroatoms. The van der Waals surface area contributed by atoms with Crippen molar-refractivity contribution in [3.05, 3.63) is 34.5 Å². The molecule has 0 saturated carbocycles. The molecule has 106 valence electrons. The summed E-state index contributed by atoms with van der Waals surface area (Å²) in [6, 6.07) is 6.20. The maximum absolute atomic E-state index is 11.7. The Morgan fingerprint density at radius 1 is 1.50 bits per heavy atom. The molecule has 0 spiro atoms. The highest BCUT2D eigenvalue weighted by Crippen LogP contribution is 2.30. The monoisotopic (exact) mass is 290 g/mol. The first-order valence-corrected chi connectivity index (χ1v) is 7.63. The molecule has 0 radical (unpaired) electrons. The van der Waals surface area contributed by atoms with Gasteiger partial charge in [0, 0.05) is 34.1 Å². The Bertz CT molecular complexity index is 647. The van der Waals surface area contributed by atoms with E-state index in [-0.39, 0.29) is 11.9 Å². The van der Waals surface area contributed by atoms with Gasteiger partial charge in [0.25, 0.3) is 0 Å². The molecule has 1 aliphatic rings. The van der Waals surface area contributed by atoms with Gasteiger partial charge in [0.1, 0.15) is 0 Å². The number of carbonyl (C=O) groups is 1. The van der Waals surface area contributed by atoms with Gasteiger partial charge < -0.3 is 10.3 Å². The van der Waals surface area contributed by atoms with Crippen molar-refractivity contribution in [3.63, 3.8) is 0 Å². The third-order valence-electron chi connectivity index (χ3n) is 3.99. The van der Waals surface area contributed by atoms with Crippen LogP contribution in [0.5, 0.6) is 0 Å². The fourth-order valence-electron chi connectivity index (χ4n) is 3.04. The molecule has 1 unspecified atom stereocenters. The van der Waals surface area contributed by atoms with Gasteiger partial charge in [-0.25, -0.2) is 0 Å². The van der Waals surface area contributed by atoms with Crippen LogP contribution in [0.25, 0.3) is 10.9 Å². The van der Waals surface area contributed by atoms with Crippen LogP contribution in [0.1, 0.15) is 37.4 Å². The normalized spacial score (nSPS) is 18.0. The zero-order valence-electron chi connectivity index (χ0n) is 11.6. The molecule has 0 bridgehead atoms. The number of benzene rings is 1. The van der Waals surface area contributed by atoms with Crippen LogP contribution in [0.15, 0.2) is 18.2 Å². The zero-order chi connectivity index (χ0) is 14.1. The van der Waals surface area contributed by atoms with Crippen LogP contribution in [-0.2, 0) is 17.6 Å². The third kappa shape index (κ3) is 2.55. The third-order valence-corrected chi connectivity index (χ3v) is 4.23. The van der Waals surface area contributed by atoms with Crippen molar-refractivity contribution in [2.75, 3.05) is 0 Å². The molecular formula is C16H19ClN2O. The van der Waals surface area contributed by atoms with E-state index in [2.05, 4.69) is 10.3 Å². The molecule has 1 atom stereocenters. The van der Waals surface area contributed by atoms with Crippen LogP contribution in [0.2, 0.25) is 5.02 Å². The summed E-state index contributed by atoms with van der Waals surface area (Å²) < 4.78 is 0. The second-order valence-electron chi connectivity index (χ2n) is 5.53. The van der Waals surface area contributed by atoms with E-state index >= 15 is 0 Å². The number of H-pyrrole nitrogens is 1. The number of nitrogens with one attached hydrogen (secondary N) is 2. The van der Waals surface area contributed by atoms with E-state index in [1.807, 2.05) is 25.1 Å². The van der Waals surface area contributed by atoms with E-state index in [0.717, 1.165) is 36.2 Å². The SMILES string of the molecule is CCCC(=O)NC1CCc2[nH]c3ccc(Cl)cc3c2C1. The molecule has 0 aliphatic heterocycles. The van der Waals surface area contributed by atoms with Gasteiger partial charge in [0.05, 0.1) is 0 Å². The van der Waals surface area contributed by atoms with Crippen molar-refractivity contribution in [1.82, 2.24) is 10.3 Å². The number of aromatic nitrogens is 1. The van der Waals surface area contributed by atoms with E-state index in [1.54, 1.807) is 0 Å². The highest BCUT2D eigenvalue weighted by molar-refractivity contribution is 6.31. The number of carbonyl (C=O) groups excluding carboxylic acids is 1. The minimum absolute atomic E-state index is 0.166. The summed E-state index contributed by atoms with van der Waals surface area (Å²) in [4.78, 5) is 15.2. The average Bonchev–Trinajstić information content (AvgIpc) is 2.76. The van der Waals surface area contributed by atoms with Crippen molar-refractivity contribution in [1.29, 1.82) is 0 Å². The predicted octanol–water partition coefficient (Wildman–Crippen LogP) is 3.59. The van der Waals surface area contributed by atoms with Crippen LogP contribution in [0.4, 0.5) is 0 Å². The number of hydrogen-bond donors (Lipinski definition) is 2. The summed E-state index contributed by atoms with van der Waals surface area (Å²) in [5.74, 6) is 0.166. The van der Waals surface area contributed by atoms with Gasteiger partial charge in [-0.05, 0) is 49.4 Å². The number of fused-ring (bicyclic) bond motifs is 3. The fraction of sp³-hybridized carbons (Fsp3) is 0.438. The molecule has 2 aromatic rings. The Morgan fingerprint density at radius 3 is 3.15 bits per heavy atom. The molecule has 1 amide bonds. The second-order valence-corrected chi connectivity index (χ2v) is 5.97. The van der Waals surface area contributed by atoms with Gasteiger partial charge >= 0.3 is 0 Å². The summed E-state index contributed by atoms with van der Waals surface area (Å²) >= 11 is 6.10. The lowest BCUT2D eigenvalue weighted by molar-refractivity contribution is -0.121. The van der Waals surface area contributed by atoms with E-state index in [0.29, 0.717) is 6.42 Å². The molecule has 3 nitrogen and oxygen atoms in total. The van der Waals surface area contributed by atoms with Gasteiger partial charge in [0.2, 0.25) is 5.91 Å². The number of aryl methyl sites for hydroxylation is 1. The van der Waals surface area contributed by atoms with E-state index in [4.69, 9.17) is 11.6 Å². The van der Waals surface area contributed by atoms with Crippen LogP contribution in [0.3, 0.4) is 0 Å². The Hall–Kier alpha value is -1.48. The quantitative estimate of drug-likeness (QED) is 0.891. The maximum atomic E-state index is 11.7. The maximum Gasteiger partial charge on any atom is 0.220 e. The van der Waals surface area contributed by atoms with Crippen LogP contribution >= 0.6 is 11.6 Å². The first kappa shape index (κ1) is 13.5.